The molecule has 24 heavy (non-hydrogen) atoms. The molecular formula is C18H18ClFN2O2. The number of benzene rings is 1. The third-order valence-electron chi connectivity index (χ3n) is 4.11. The standard InChI is InChI=1S/C18H18ClFN2O2/c19-16-11-12(20)4-9-15(16)18(23)22-13-5-7-14(8-6-13)24-17-3-1-2-10-21-17/h1-4,9-11,13-14H,5-8H2,(H,22,23). The highest BCUT2D eigenvalue weighted by Crippen LogP contribution is 2.24. The molecule has 0 unspecified atom stereocenters. The maximum atomic E-state index is 13.1. The van der Waals surface area contributed by atoms with Crippen molar-refractivity contribution in [3.05, 3.63) is 59.0 Å². The first-order valence-corrected chi connectivity index (χ1v) is 8.33. The molecule has 0 bridgehead atoms. The summed E-state index contributed by atoms with van der Waals surface area (Å²) in [6.45, 7) is 0. The molecule has 1 aromatic heterocycles. The maximum Gasteiger partial charge on any atom is 0.253 e. The van der Waals surface area contributed by atoms with E-state index >= 15 is 0 Å². The number of halogens is 2. The Balaban J connectivity index is 1.51. The van der Waals surface area contributed by atoms with Gasteiger partial charge in [0.2, 0.25) is 5.88 Å². The number of aromatic nitrogens is 1. The third-order valence-corrected chi connectivity index (χ3v) is 4.42. The van der Waals surface area contributed by atoms with Crippen LogP contribution in [0.4, 0.5) is 4.39 Å². The molecule has 0 atom stereocenters. The van der Waals surface area contributed by atoms with Gasteiger partial charge in [-0.15, -0.1) is 0 Å². The first-order chi connectivity index (χ1) is 11.6. The number of rotatable bonds is 4. The number of carbonyl (C=O) groups is 1. The largest absolute Gasteiger partial charge is 0.474 e. The molecule has 2 aromatic rings. The Morgan fingerprint density at radius 2 is 2.00 bits per heavy atom. The number of pyridine rings is 1. The number of carbonyl (C=O) groups excluding carboxylic acids is 1. The van der Waals surface area contributed by atoms with Crippen LogP contribution in [0.1, 0.15) is 36.0 Å². The van der Waals surface area contributed by atoms with Crippen molar-refractivity contribution in [2.45, 2.75) is 37.8 Å². The van der Waals surface area contributed by atoms with Crippen molar-refractivity contribution >= 4 is 17.5 Å². The van der Waals surface area contributed by atoms with Crippen LogP contribution >= 0.6 is 11.6 Å². The van der Waals surface area contributed by atoms with Crippen LogP contribution < -0.4 is 10.1 Å². The van der Waals surface area contributed by atoms with Crippen molar-refractivity contribution in [3.8, 4) is 5.88 Å². The van der Waals surface area contributed by atoms with Crippen LogP contribution in [0, 0.1) is 5.82 Å². The molecule has 0 saturated heterocycles. The van der Waals surface area contributed by atoms with Crippen molar-refractivity contribution in [2.24, 2.45) is 0 Å². The molecule has 4 nitrogen and oxygen atoms in total. The highest BCUT2D eigenvalue weighted by molar-refractivity contribution is 6.33. The molecule has 0 aliphatic heterocycles. The van der Waals surface area contributed by atoms with Gasteiger partial charge in [0, 0.05) is 18.3 Å². The average molecular weight is 349 g/mol. The molecule has 1 aliphatic rings. The minimum atomic E-state index is -0.455. The molecule has 1 saturated carbocycles. The second kappa shape index (κ2) is 7.62. The van der Waals surface area contributed by atoms with E-state index in [1.807, 2.05) is 18.2 Å². The lowest BCUT2D eigenvalue weighted by atomic mass is 9.92. The quantitative estimate of drug-likeness (QED) is 0.908. The van der Waals surface area contributed by atoms with E-state index in [-0.39, 0.29) is 23.1 Å². The monoisotopic (exact) mass is 348 g/mol. The molecule has 1 fully saturated rings. The van der Waals surface area contributed by atoms with Crippen molar-refractivity contribution in [3.63, 3.8) is 0 Å². The van der Waals surface area contributed by atoms with Crippen molar-refractivity contribution < 1.29 is 13.9 Å². The van der Waals surface area contributed by atoms with Gasteiger partial charge in [0.15, 0.2) is 0 Å². The first kappa shape index (κ1) is 16.7. The maximum absolute atomic E-state index is 13.1. The van der Waals surface area contributed by atoms with Gasteiger partial charge in [-0.25, -0.2) is 9.37 Å². The highest BCUT2D eigenvalue weighted by atomic mass is 35.5. The van der Waals surface area contributed by atoms with Crippen molar-refractivity contribution in [2.75, 3.05) is 0 Å². The molecular weight excluding hydrogens is 331 g/mol. The van der Waals surface area contributed by atoms with E-state index in [9.17, 15) is 9.18 Å². The van der Waals surface area contributed by atoms with Gasteiger partial charge >= 0.3 is 0 Å². The first-order valence-electron chi connectivity index (χ1n) is 7.95. The SMILES string of the molecule is O=C(NC1CCC(Oc2ccccn2)CC1)c1ccc(F)cc1Cl. The summed E-state index contributed by atoms with van der Waals surface area (Å²) in [5, 5.41) is 3.09. The summed E-state index contributed by atoms with van der Waals surface area (Å²) in [7, 11) is 0. The summed E-state index contributed by atoms with van der Waals surface area (Å²) in [6.07, 6.45) is 5.15. The lowest BCUT2D eigenvalue weighted by molar-refractivity contribution is 0.0890. The Morgan fingerprint density at radius 1 is 1.21 bits per heavy atom. The van der Waals surface area contributed by atoms with Gasteiger partial charge in [-0.3, -0.25) is 4.79 Å². The fraction of sp³-hybridized carbons (Fsp3) is 0.333. The third kappa shape index (κ3) is 4.23. The van der Waals surface area contributed by atoms with E-state index in [0.717, 1.165) is 31.7 Å². The van der Waals surface area contributed by atoms with Crippen LogP contribution in [0.5, 0.6) is 5.88 Å². The predicted molar refractivity (Wildman–Crippen MR) is 89.8 cm³/mol. The molecule has 1 amide bonds. The molecule has 1 heterocycles. The molecule has 0 spiro atoms. The molecule has 3 rings (SSSR count). The van der Waals surface area contributed by atoms with Gasteiger partial charge in [0.25, 0.3) is 5.91 Å². The molecule has 1 aliphatic carbocycles. The second-order valence-corrected chi connectivity index (χ2v) is 6.26. The minimum absolute atomic E-state index is 0.0715. The van der Waals surface area contributed by atoms with Gasteiger partial charge in [-0.2, -0.15) is 0 Å². The number of hydrogen-bond acceptors (Lipinski definition) is 3. The van der Waals surface area contributed by atoms with Crippen LogP contribution in [-0.4, -0.2) is 23.0 Å². The van der Waals surface area contributed by atoms with Gasteiger partial charge in [0.05, 0.1) is 10.6 Å². The minimum Gasteiger partial charge on any atom is -0.474 e. The Morgan fingerprint density at radius 3 is 2.67 bits per heavy atom. The van der Waals surface area contributed by atoms with Crippen LogP contribution in [-0.2, 0) is 0 Å². The summed E-state index contributed by atoms with van der Waals surface area (Å²) in [5.41, 5.74) is 0.296. The summed E-state index contributed by atoms with van der Waals surface area (Å²) in [4.78, 5) is 16.4. The molecule has 6 heteroatoms. The lowest BCUT2D eigenvalue weighted by Gasteiger charge is -2.29. The lowest BCUT2D eigenvalue weighted by Crippen LogP contribution is -2.39. The fourth-order valence-corrected chi connectivity index (χ4v) is 3.10. The number of nitrogens with one attached hydrogen (secondary N) is 1. The van der Waals surface area contributed by atoms with Crippen LogP contribution in [0.15, 0.2) is 42.6 Å². The smallest absolute Gasteiger partial charge is 0.253 e. The zero-order valence-corrected chi connectivity index (χ0v) is 13.8. The summed E-state index contributed by atoms with van der Waals surface area (Å²) in [5.74, 6) is -0.0964. The van der Waals surface area contributed by atoms with Gasteiger partial charge in [-0.05, 0) is 49.9 Å². The zero-order chi connectivity index (χ0) is 16.9. The summed E-state index contributed by atoms with van der Waals surface area (Å²) in [6, 6.07) is 9.43. The Bertz CT molecular complexity index is 703. The molecule has 1 N–H and O–H groups in total. The number of hydrogen-bond donors (Lipinski definition) is 1. The molecule has 1 aromatic carbocycles. The van der Waals surface area contributed by atoms with Crippen LogP contribution in [0.25, 0.3) is 0 Å². The Labute approximate surface area is 145 Å². The van der Waals surface area contributed by atoms with Gasteiger partial charge < -0.3 is 10.1 Å². The van der Waals surface area contributed by atoms with Crippen LogP contribution in [0.2, 0.25) is 5.02 Å². The average Bonchev–Trinajstić information content (AvgIpc) is 2.57. The molecule has 0 radical (unpaired) electrons. The Kier molecular flexibility index (Phi) is 5.30. The number of nitrogens with zero attached hydrogens (tertiary/aromatic N) is 1. The van der Waals surface area contributed by atoms with Crippen molar-refractivity contribution in [1.29, 1.82) is 0 Å². The van der Waals surface area contributed by atoms with Gasteiger partial charge in [-0.1, -0.05) is 17.7 Å². The van der Waals surface area contributed by atoms with E-state index in [4.69, 9.17) is 16.3 Å². The normalized spacial score (nSPS) is 20.4. The molecule has 126 valence electrons. The number of amides is 1. The summed E-state index contributed by atoms with van der Waals surface area (Å²) < 4.78 is 18.9. The van der Waals surface area contributed by atoms with Crippen molar-refractivity contribution in [1.82, 2.24) is 10.3 Å². The van der Waals surface area contributed by atoms with E-state index in [0.29, 0.717) is 11.4 Å². The summed E-state index contributed by atoms with van der Waals surface area (Å²) >= 11 is 5.93. The van der Waals surface area contributed by atoms with E-state index < -0.39 is 5.82 Å². The van der Waals surface area contributed by atoms with E-state index in [1.54, 1.807) is 6.20 Å². The van der Waals surface area contributed by atoms with E-state index in [2.05, 4.69) is 10.3 Å². The fourth-order valence-electron chi connectivity index (χ4n) is 2.85. The number of ether oxygens (including phenoxy) is 1. The predicted octanol–water partition coefficient (Wildman–Crippen LogP) is 3.99. The highest BCUT2D eigenvalue weighted by Gasteiger charge is 2.24. The van der Waals surface area contributed by atoms with Gasteiger partial charge in [0.1, 0.15) is 11.9 Å². The topological polar surface area (TPSA) is 51.2 Å². The van der Waals surface area contributed by atoms with Crippen LogP contribution in [0.3, 0.4) is 0 Å². The zero-order valence-electron chi connectivity index (χ0n) is 13.0. The second-order valence-electron chi connectivity index (χ2n) is 5.86. The Hall–Kier alpha value is -2.14. The van der Waals surface area contributed by atoms with E-state index in [1.165, 1.54) is 12.1 Å².